The van der Waals surface area contributed by atoms with Gasteiger partial charge in [0, 0.05) is 4.47 Å². The van der Waals surface area contributed by atoms with E-state index in [9.17, 15) is 0 Å². The average Bonchev–Trinajstić information content (AvgIpc) is 2.44. The third-order valence-corrected chi connectivity index (χ3v) is 4.27. The molecule has 0 saturated heterocycles. The average molecular weight is 347 g/mol. The Balaban J connectivity index is 2.21. The molecule has 0 atom stereocenters. The minimum absolute atomic E-state index is 0.197. The summed E-state index contributed by atoms with van der Waals surface area (Å²) in [6.45, 7) is 8.39. The Morgan fingerprint density at radius 2 is 1.67 bits per heavy atom. The third-order valence-electron chi connectivity index (χ3n) is 3.53. The number of halogens is 1. The van der Waals surface area contributed by atoms with E-state index in [0.29, 0.717) is 0 Å². The lowest BCUT2D eigenvalue weighted by molar-refractivity contribution is 0.240. The van der Waals surface area contributed by atoms with Crippen LogP contribution in [0.3, 0.4) is 0 Å². The van der Waals surface area contributed by atoms with Crippen LogP contribution in [0.15, 0.2) is 40.9 Å². The summed E-state index contributed by atoms with van der Waals surface area (Å²) in [6, 6.07) is 13.2. The second-order valence-electron chi connectivity index (χ2n) is 5.72. The normalized spacial score (nSPS) is 11.0. The van der Waals surface area contributed by atoms with Crippen LogP contribution >= 0.6 is 15.9 Å². The van der Waals surface area contributed by atoms with Crippen molar-refractivity contribution < 1.29 is 4.74 Å². The number of ether oxygens (including phenoxy) is 1. The Hall–Kier alpha value is -1.28. The van der Waals surface area contributed by atoms with Crippen molar-refractivity contribution in [2.75, 3.05) is 0 Å². The van der Waals surface area contributed by atoms with Gasteiger partial charge in [-0.2, -0.15) is 0 Å². The highest BCUT2D eigenvalue weighted by Crippen LogP contribution is 2.29. The van der Waals surface area contributed by atoms with E-state index in [4.69, 9.17) is 4.74 Å². The molecule has 0 aliphatic heterocycles. The van der Waals surface area contributed by atoms with E-state index in [-0.39, 0.29) is 6.10 Å². The first-order chi connectivity index (χ1) is 9.99. The van der Waals surface area contributed by atoms with Gasteiger partial charge in [-0.1, -0.05) is 53.2 Å². The molecule has 1 nitrogen and oxygen atoms in total. The Morgan fingerprint density at radius 3 is 2.24 bits per heavy atom. The van der Waals surface area contributed by atoms with Crippen LogP contribution < -0.4 is 4.74 Å². The smallest absolute Gasteiger partial charge is 0.123 e. The zero-order valence-corrected chi connectivity index (χ0v) is 14.8. The number of benzene rings is 2. The van der Waals surface area contributed by atoms with Crippen LogP contribution in [0.1, 0.15) is 43.0 Å². The van der Waals surface area contributed by atoms with E-state index in [1.807, 2.05) is 0 Å². The Kier molecular flexibility index (Phi) is 5.46. The fourth-order valence-electron chi connectivity index (χ4n) is 2.35. The first-order valence-corrected chi connectivity index (χ1v) is 8.32. The van der Waals surface area contributed by atoms with Gasteiger partial charge >= 0.3 is 0 Å². The van der Waals surface area contributed by atoms with Gasteiger partial charge in [-0.05, 0) is 61.9 Å². The van der Waals surface area contributed by atoms with Gasteiger partial charge in [0.05, 0.1) is 6.10 Å². The van der Waals surface area contributed by atoms with E-state index in [1.54, 1.807) is 0 Å². The van der Waals surface area contributed by atoms with E-state index < -0.39 is 0 Å². The van der Waals surface area contributed by atoms with Crippen molar-refractivity contribution in [1.29, 1.82) is 0 Å². The highest BCUT2D eigenvalue weighted by Gasteiger charge is 2.09. The van der Waals surface area contributed by atoms with Gasteiger partial charge in [-0.3, -0.25) is 0 Å². The molecule has 0 fully saturated rings. The van der Waals surface area contributed by atoms with E-state index >= 15 is 0 Å². The zero-order chi connectivity index (χ0) is 15.4. The first kappa shape index (κ1) is 16.1. The highest BCUT2D eigenvalue weighted by molar-refractivity contribution is 9.10. The van der Waals surface area contributed by atoms with E-state index in [1.165, 1.54) is 22.3 Å². The van der Waals surface area contributed by atoms with Crippen LogP contribution in [0, 0.1) is 6.92 Å². The van der Waals surface area contributed by atoms with Crippen molar-refractivity contribution in [1.82, 2.24) is 0 Å². The molecule has 112 valence electrons. The Labute approximate surface area is 136 Å². The molecule has 2 aromatic rings. The molecule has 2 aromatic carbocycles. The molecule has 0 bridgehead atoms. The minimum atomic E-state index is 0.197. The number of rotatable bonds is 5. The maximum atomic E-state index is 5.83. The highest BCUT2D eigenvalue weighted by atomic mass is 79.9. The standard InChI is InChI=1S/C19H23BrO/c1-5-15-6-8-16(9-7-15)11-17-10-14(4)19(12-18(17)20)21-13(2)3/h6-10,12-13H,5,11H2,1-4H3. The largest absolute Gasteiger partial charge is 0.491 e. The predicted octanol–water partition coefficient (Wildman–Crippen LogP) is 5.70. The number of hydrogen-bond donors (Lipinski definition) is 0. The fraction of sp³-hybridized carbons (Fsp3) is 0.368. The molecule has 0 aromatic heterocycles. The van der Waals surface area contributed by atoms with Crippen molar-refractivity contribution >= 4 is 15.9 Å². The molecule has 2 heteroatoms. The number of aryl methyl sites for hydroxylation is 2. The van der Waals surface area contributed by atoms with Gasteiger partial charge in [0.2, 0.25) is 0 Å². The molecule has 0 unspecified atom stereocenters. The molecule has 2 rings (SSSR count). The van der Waals surface area contributed by atoms with Crippen LogP contribution in [0.2, 0.25) is 0 Å². The second-order valence-corrected chi connectivity index (χ2v) is 6.58. The van der Waals surface area contributed by atoms with E-state index in [2.05, 4.69) is 80.0 Å². The minimum Gasteiger partial charge on any atom is -0.491 e. The summed E-state index contributed by atoms with van der Waals surface area (Å²) in [4.78, 5) is 0. The second kappa shape index (κ2) is 7.13. The molecular weight excluding hydrogens is 324 g/mol. The lowest BCUT2D eigenvalue weighted by Crippen LogP contribution is -2.07. The van der Waals surface area contributed by atoms with Gasteiger partial charge in [0.1, 0.15) is 5.75 Å². The molecule has 0 radical (unpaired) electrons. The molecule has 21 heavy (non-hydrogen) atoms. The monoisotopic (exact) mass is 346 g/mol. The molecule has 0 saturated carbocycles. The van der Waals surface area contributed by atoms with Crippen molar-refractivity contribution in [3.63, 3.8) is 0 Å². The quantitative estimate of drug-likeness (QED) is 0.674. The lowest BCUT2D eigenvalue weighted by atomic mass is 10.0. The third kappa shape index (κ3) is 4.34. The summed E-state index contributed by atoms with van der Waals surface area (Å²) in [5, 5.41) is 0. The summed E-state index contributed by atoms with van der Waals surface area (Å²) in [5.74, 6) is 0.960. The van der Waals surface area contributed by atoms with Crippen LogP contribution in [0.25, 0.3) is 0 Å². The summed E-state index contributed by atoms with van der Waals surface area (Å²) in [6.07, 6.45) is 2.22. The molecule has 0 aliphatic carbocycles. The summed E-state index contributed by atoms with van der Waals surface area (Å²) >= 11 is 3.68. The van der Waals surface area contributed by atoms with Gasteiger partial charge in [0.25, 0.3) is 0 Å². The molecule has 0 heterocycles. The Bertz CT molecular complexity index is 600. The fourth-order valence-corrected chi connectivity index (χ4v) is 2.81. The Morgan fingerprint density at radius 1 is 1.05 bits per heavy atom. The van der Waals surface area contributed by atoms with Crippen molar-refractivity contribution in [2.45, 2.75) is 46.6 Å². The predicted molar refractivity (Wildman–Crippen MR) is 93.3 cm³/mol. The summed E-state index contributed by atoms with van der Waals surface area (Å²) in [5.41, 5.74) is 5.21. The van der Waals surface area contributed by atoms with Gasteiger partial charge in [0.15, 0.2) is 0 Å². The maximum Gasteiger partial charge on any atom is 0.123 e. The molecule has 0 spiro atoms. The van der Waals surface area contributed by atoms with Crippen LogP contribution in [-0.2, 0) is 12.8 Å². The van der Waals surface area contributed by atoms with E-state index in [0.717, 1.165) is 23.1 Å². The molecular formula is C19H23BrO. The molecule has 0 aliphatic rings. The number of hydrogen-bond acceptors (Lipinski definition) is 1. The van der Waals surface area contributed by atoms with Crippen molar-refractivity contribution in [3.8, 4) is 5.75 Å². The van der Waals surface area contributed by atoms with Crippen LogP contribution in [0.4, 0.5) is 0 Å². The summed E-state index contributed by atoms with van der Waals surface area (Å²) in [7, 11) is 0. The van der Waals surface area contributed by atoms with Crippen LogP contribution in [-0.4, -0.2) is 6.10 Å². The molecule has 0 amide bonds. The van der Waals surface area contributed by atoms with Gasteiger partial charge < -0.3 is 4.74 Å². The van der Waals surface area contributed by atoms with Crippen LogP contribution in [0.5, 0.6) is 5.75 Å². The zero-order valence-electron chi connectivity index (χ0n) is 13.2. The lowest BCUT2D eigenvalue weighted by Gasteiger charge is -2.15. The SMILES string of the molecule is CCc1ccc(Cc2cc(C)c(OC(C)C)cc2Br)cc1. The topological polar surface area (TPSA) is 9.23 Å². The van der Waals surface area contributed by atoms with Gasteiger partial charge in [-0.15, -0.1) is 0 Å². The van der Waals surface area contributed by atoms with Crippen molar-refractivity contribution in [3.05, 3.63) is 63.1 Å². The molecule has 0 N–H and O–H groups in total. The van der Waals surface area contributed by atoms with Gasteiger partial charge in [-0.25, -0.2) is 0 Å². The summed E-state index contributed by atoms with van der Waals surface area (Å²) < 4.78 is 6.95. The first-order valence-electron chi connectivity index (χ1n) is 7.53. The maximum absolute atomic E-state index is 5.83. The van der Waals surface area contributed by atoms with Crippen molar-refractivity contribution in [2.24, 2.45) is 0 Å².